The highest BCUT2D eigenvalue weighted by molar-refractivity contribution is 7.27. The summed E-state index contributed by atoms with van der Waals surface area (Å²) in [5.74, 6) is -0.351. The standard InChI is InChI=1S/C33H31NOS/c1-19(2)13-24-18-34-31(17-29(24)20(3)4)28-8-6-7-26-27-12-10-22-14-23-15-25(35-5)11-9-21(23)16-30(22)33(27)36-32(26)28/h6-12,14-20H,13H2,1-5H3/i13D2,20D. The number of thiophene rings is 1. The van der Waals surface area contributed by atoms with Gasteiger partial charge in [-0.2, -0.15) is 0 Å². The van der Waals surface area contributed by atoms with Gasteiger partial charge in [-0.3, -0.25) is 4.98 Å². The summed E-state index contributed by atoms with van der Waals surface area (Å²) in [5, 5.41) is 7.13. The van der Waals surface area contributed by atoms with Gasteiger partial charge in [-0.1, -0.05) is 64.1 Å². The number of fused-ring (bicyclic) bond motifs is 6. The SMILES string of the molecule is [2H]C(C)(C)c1cc(-c2cccc3c2sc2c4cc5ccc(OC)cc5cc4ccc32)ncc1C([2H])([2H])C(C)C. The van der Waals surface area contributed by atoms with Crippen molar-refractivity contribution in [1.29, 1.82) is 0 Å². The number of hydrogen-bond donors (Lipinski definition) is 0. The van der Waals surface area contributed by atoms with Crippen LogP contribution in [-0.4, -0.2) is 12.1 Å². The lowest BCUT2D eigenvalue weighted by Crippen LogP contribution is -2.03. The quantitative estimate of drug-likeness (QED) is 0.223. The lowest BCUT2D eigenvalue weighted by atomic mass is 9.92. The first-order chi connectivity index (χ1) is 18.5. The minimum absolute atomic E-state index is 0.234. The topological polar surface area (TPSA) is 22.1 Å². The van der Waals surface area contributed by atoms with Gasteiger partial charge in [0.1, 0.15) is 5.75 Å². The molecule has 2 aromatic heterocycles. The Morgan fingerprint density at radius 2 is 1.67 bits per heavy atom. The molecule has 180 valence electrons. The molecule has 36 heavy (non-hydrogen) atoms. The zero-order chi connectivity index (χ0) is 27.7. The van der Waals surface area contributed by atoms with Gasteiger partial charge in [-0.25, -0.2) is 0 Å². The maximum atomic E-state index is 8.83. The summed E-state index contributed by atoms with van der Waals surface area (Å²) < 4.78 is 34.1. The molecule has 3 heteroatoms. The molecule has 0 amide bonds. The normalized spacial score (nSPS) is 14.0. The molecule has 0 saturated carbocycles. The van der Waals surface area contributed by atoms with Gasteiger partial charge in [0.05, 0.1) is 12.8 Å². The molecule has 0 unspecified atom stereocenters. The van der Waals surface area contributed by atoms with E-state index in [-0.39, 0.29) is 5.92 Å². The third-order valence-corrected chi connectivity index (χ3v) is 8.09. The van der Waals surface area contributed by atoms with Crippen LogP contribution >= 0.6 is 11.3 Å². The van der Waals surface area contributed by atoms with Crippen molar-refractivity contribution < 1.29 is 8.85 Å². The summed E-state index contributed by atoms with van der Waals surface area (Å²) >= 11 is 1.77. The number of pyridine rings is 1. The molecule has 0 bridgehead atoms. The molecule has 0 saturated heterocycles. The van der Waals surface area contributed by atoms with E-state index in [1.165, 1.54) is 31.6 Å². The number of hydrogen-bond acceptors (Lipinski definition) is 3. The second-order valence-corrected chi connectivity index (χ2v) is 10.9. The van der Waals surface area contributed by atoms with Crippen LogP contribution in [0.2, 0.25) is 0 Å². The predicted molar refractivity (Wildman–Crippen MR) is 157 cm³/mol. The lowest BCUT2D eigenvalue weighted by molar-refractivity contribution is 0.415. The average Bonchev–Trinajstić information content (AvgIpc) is 3.30. The highest BCUT2D eigenvalue weighted by atomic mass is 32.1. The van der Waals surface area contributed by atoms with E-state index in [1.54, 1.807) is 24.6 Å². The smallest absolute Gasteiger partial charge is 0.119 e. The third-order valence-electron chi connectivity index (χ3n) is 6.81. The Hall–Kier alpha value is -3.43. The van der Waals surface area contributed by atoms with Crippen molar-refractivity contribution >= 4 is 53.1 Å². The molecule has 0 radical (unpaired) electrons. The number of rotatable bonds is 5. The average molecular weight is 493 g/mol. The Bertz CT molecular complexity index is 1900. The summed E-state index contributed by atoms with van der Waals surface area (Å²) in [4.78, 5) is 4.78. The monoisotopic (exact) mass is 492 g/mol. The van der Waals surface area contributed by atoms with E-state index < -0.39 is 12.3 Å². The molecule has 0 aliphatic heterocycles. The van der Waals surface area contributed by atoms with Crippen LogP contribution < -0.4 is 4.74 Å². The Labute approximate surface area is 220 Å². The molecule has 0 aliphatic rings. The van der Waals surface area contributed by atoms with E-state index >= 15 is 0 Å². The molecule has 2 nitrogen and oxygen atoms in total. The van der Waals surface area contributed by atoms with Crippen LogP contribution in [0.25, 0.3) is 53.0 Å². The van der Waals surface area contributed by atoms with Gasteiger partial charge in [0.15, 0.2) is 0 Å². The van der Waals surface area contributed by atoms with Crippen LogP contribution in [0.1, 0.15) is 48.8 Å². The molecule has 0 aliphatic carbocycles. The minimum atomic E-state index is -1.57. The molecule has 4 aromatic carbocycles. The molecular formula is C33H31NOS. The Morgan fingerprint density at radius 3 is 2.44 bits per heavy atom. The van der Waals surface area contributed by atoms with Crippen LogP contribution in [0.5, 0.6) is 5.75 Å². The molecule has 6 rings (SSSR count). The summed E-state index contributed by atoms with van der Waals surface area (Å²) in [7, 11) is 1.69. The van der Waals surface area contributed by atoms with Crippen molar-refractivity contribution in [2.24, 2.45) is 5.92 Å². The zero-order valence-corrected chi connectivity index (χ0v) is 22.1. The van der Waals surface area contributed by atoms with Gasteiger partial charge in [-0.15, -0.1) is 11.3 Å². The maximum absolute atomic E-state index is 8.83. The lowest BCUT2D eigenvalue weighted by Gasteiger charge is -2.16. The van der Waals surface area contributed by atoms with Gasteiger partial charge in [-0.05, 0) is 75.8 Å². The van der Waals surface area contributed by atoms with E-state index in [0.717, 1.165) is 27.1 Å². The molecule has 0 fully saturated rings. The predicted octanol–water partition coefficient (Wildman–Crippen LogP) is 9.75. The maximum Gasteiger partial charge on any atom is 0.119 e. The van der Waals surface area contributed by atoms with E-state index in [9.17, 15) is 0 Å². The van der Waals surface area contributed by atoms with Crippen molar-refractivity contribution in [2.75, 3.05) is 7.11 Å². The van der Waals surface area contributed by atoms with Crippen molar-refractivity contribution in [3.8, 4) is 17.0 Å². The number of benzene rings is 4. The van der Waals surface area contributed by atoms with Gasteiger partial charge in [0.25, 0.3) is 0 Å². The molecule has 6 aromatic rings. The van der Waals surface area contributed by atoms with Crippen molar-refractivity contribution in [3.63, 3.8) is 0 Å². The van der Waals surface area contributed by atoms with E-state index in [4.69, 9.17) is 13.8 Å². The van der Waals surface area contributed by atoms with Crippen LogP contribution in [-0.2, 0) is 6.37 Å². The largest absolute Gasteiger partial charge is 0.497 e. The second-order valence-electron chi connectivity index (χ2n) is 9.93. The van der Waals surface area contributed by atoms with Crippen molar-refractivity contribution in [1.82, 2.24) is 4.98 Å². The van der Waals surface area contributed by atoms with Crippen LogP contribution in [0.4, 0.5) is 0 Å². The molecule has 0 spiro atoms. The van der Waals surface area contributed by atoms with Crippen molar-refractivity contribution in [3.05, 3.63) is 84.1 Å². The summed E-state index contributed by atoms with van der Waals surface area (Å²) in [6, 6.07) is 23.3. The molecule has 2 heterocycles. The van der Waals surface area contributed by atoms with Gasteiger partial charge in [0.2, 0.25) is 0 Å². The minimum Gasteiger partial charge on any atom is -0.497 e. The van der Waals surface area contributed by atoms with Gasteiger partial charge >= 0.3 is 0 Å². The molecule has 0 atom stereocenters. The van der Waals surface area contributed by atoms with Crippen LogP contribution in [0.15, 0.2) is 72.9 Å². The Kier molecular flexibility index (Phi) is 4.88. The highest BCUT2D eigenvalue weighted by Crippen LogP contribution is 2.43. The molecular weight excluding hydrogens is 458 g/mol. The fraction of sp³-hybridized carbons (Fsp3) is 0.242. The Morgan fingerprint density at radius 1 is 0.861 bits per heavy atom. The van der Waals surface area contributed by atoms with E-state index in [0.29, 0.717) is 11.1 Å². The first kappa shape index (κ1) is 19.7. The van der Waals surface area contributed by atoms with Gasteiger partial charge in [0, 0.05) is 41.4 Å². The number of aromatic nitrogens is 1. The highest BCUT2D eigenvalue weighted by Gasteiger charge is 2.16. The third kappa shape index (κ3) is 3.83. The van der Waals surface area contributed by atoms with E-state index in [2.05, 4.69) is 54.6 Å². The molecule has 0 N–H and O–H groups in total. The van der Waals surface area contributed by atoms with Gasteiger partial charge < -0.3 is 4.74 Å². The zero-order valence-electron chi connectivity index (χ0n) is 24.3. The Balaban J connectivity index is 1.59. The van der Waals surface area contributed by atoms with E-state index in [1.807, 2.05) is 39.8 Å². The number of methoxy groups -OCH3 is 1. The number of nitrogens with zero attached hydrogens (tertiary/aromatic N) is 1. The summed E-state index contributed by atoms with van der Waals surface area (Å²) in [5.41, 5.74) is 2.96. The second kappa shape index (κ2) is 8.90. The summed E-state index contributed by atoms with van der Waals surface area (Å²) in [6.45, 7) is 7.38. The van der Waals surface area contributed by atoms with Crippen LogP contribution in [0, 0.1) is 5.92 Å². The first-order valence-electron chi connectivity index (χ1n) is 13.9. The fourth-order valence-corrected chi connectivity index (χ4v) is 6.43. The summed E-state index contributed by atoms with van der Waals surface area (Å²) in [6.07, 6.45) is 0.0808. The van der Waals surface area contributed by atoms with Crippen LogP contribution in [0.3, 0.4) is 0 Å². The fourth-order valence-electron chi connectivity index (χ4n) is 5.08. The van der Waals surface area contributed by atoms with Crippen molar-refractivity contribution in [2.45, 2.75) is 40.0 Å². The number of ether oxygens (including phenoxy) is 1. The first-order valence-corrected chi connectivity index (χ1v) is 13.2.